The number of benzene rings is 1. The number of aromatic nitrogens is 1. The standard InChI is InChI=1S/C12H12FN3O3S/c1-19-11-6-8(13)2-3-10(11)16-20(17,18)9-4-5-15-12(14)7-9/h2-7,16H,1H3,(H2,14,15). The molecule has 1 aromatic carbocycles. The minimum absolute atomic E-state index is 0.0450. The van der Waals surface area contributed by atoms with Crippen LogP contribution in [0.3, 0.4) is 0 Å². The first-order chi connectivity index (χ1) is 9.42. The van der Waals surface area contributed by atoms with E-state index < -0.39 is 15.8 Å². The van der Waals surface area contributed by atoms with Gasteiger partial charge in [-0.25, -0.2) is 17.8 Å². The minimum atomic E-state index is -3.85. The average molecular weight is 297 g/mol. The van der Waals surface area contributed by atoms with Crippen molar-refractivity contribution in [3.8, 4) is 5.75 Å². The lowest BCUT2D eigenvalue weighted by atomic mass is 10.3. The third-order valence-electron chi connectivity index (χ3n) is 2.47. The van der Waals surface area contributed by atoms with Crippen LogP contribution in [0.1, 0.15) is 0 Å². The first-order valence-electron chi connectivity index (χ1n) is 5.50. The molecular formula is C12H12FN3O3S. The van der Waals surface area contributed by atoms with Gasteiger partial charge in [-0.3, -0.25) is 4.72 Å². The summed E-state index contributed by atoms with van der Waals surface area (Å²) in [4.78, 5) is 3.67. The largest absolute Gasteiger partial charge is 0.494 e. The zero-order valence-corrected chi connectivity index (χ0v) is 11.3. The number of ether oxygens (including phenoxy) is 1. The Hall–Kier alpha value is -2.35. The van der Waals surface area contributed by atoms with Gasteiger partial charge in [-0.1, -0.05) is 0 Å². The van der Waals surface area contributed by atoms with Crippen LogP contribution in [0.5, 0.6) is 5.75 Å². The van der Waals surface area contributed by atoms with E-state index >= 15 is 0 Å². The highest BCUT2D eigenvalue weighted by molar-refractivity contribution is 7.92. The first-order valence-corrected chi connectivity index (χ1v) is 6.98. The Morgan fingerprint density at radius 2 is 2.05 bits per heavy atom. The maximum Gasteiger partial charge on any atom is 0.262 e. The molecule has 0 aliphatic heterocycles. The van der Waals surface area contributed by atoms with Gasteiger partial charge in [0.1, 0.15) is 17.4 Å². The summed E-state index contributed by atoms with van der Waals surface area (Å²) in [6.07, 6.45) is 1.28. The fourth-order valence-corrected chi connectivity index (χ4v) is 2.64. The van der Waals surface area contributed by atoms with Crippen molar-refractivity contribution in [1.29, 1.82) is 0 Å². The second-order valence-corrected chi connectivity index (χ2v) is 5.55. The SMILES string of the molecule is COc1cc(F)ccc1NS(=O)(=O)c1ccnc(N)c1. The Labute approximate surface area is 115 Å². The molecule has 1 aromatic heterocycles. The van der Waals surface area contributed by atoms with Gasteiger partial charge in [0.2, 0.25) is 0 Å². The van der Waals surface area contributed by atoms with Crippen LogP contribution in [0.15, 0.2) is 41.4 Å². The summed E-state index contributed by atoms with van der Waals surface area (Å²) in [7, 11) is -2.54. The molecule has 3 N–H and O–H groups in total. The Kier molecular flexibility index (Phi) is 3.75. The van der Waals surface area contributed by atoms with Gasteiger partial charge < -0.3 is 10.5 Å². The van der Waals surface area contributed by atoms with Crippen molar-refractivity contribution < 1.29 is 17.5 Å². The van der Waals surface area contributed by atoms with E-state index in [1.54, 1.807) is 0 Å². The average Bonchev–Trinajstić information content (AvgIpc) is 2.40. The predicted molar refractivity (Wildman–Crippen MR) is 72.4 cm³/mol. The molecule has 0 atom stereocenters. The number of anilines is 2. The summed E-state index contributed by atoms with van der Waals surface area (Å²) in [5.74, 6) is -0.368. The number of hydrogen-bond acceptors (Lipinski definition) is 5. The van der Waals surface area contributed by atoms with Crippen molar-refractivity contribution in [3.05, 3.63) is 42.3 Å². The summed E-state index contributed by atoms with van der Waals surface area (Å²) < 4.78 is 44.6. The normalized spacial score (nSPS) is 11.1. The van der Waals surface area contributed by atoms with Crippen molar-refractivity contribution in [2.45, 2.75) is 4.90 Å². The molecule has 8 heteroatoms. The van der Waals surface area contributed by atoms with E-state index in [-0.39, 0.29) is 22.2 Å². The molecule has 0 unspecified atom stereocenters. The van der Waals surface area contributed by atoms with Gasteiger partial charge in [-0.15, -0.1) is 0 Å². The summed E-state index contributed by atoms with van der Waals surface area (Å²) in [5.41, 5.74) is 5.58. The van der Waals surface area contributed by atoms with E-state index in [9.17, 15) is 12.8 Å². The number of rotatable bonds is 4. The molecule has 20 heavy (non-hydrogen) atoms. The highest BCUT2D eigenvalue weighted by atomic mass is 32.2. The second kappa shape index (κ2) is 5.33. The number of nitrogens with one attached hydrogen (secondary N) is 1. The molecule has 0 spiro atoms. The summed E-state index contributed by atoms with van der Waals surface area (Å²) in [5, 5.41) is 0. The van der Waals surface area contributed by atoms with Gasteiger partial charge in [0.15, 0.2) is 0 Å². The quantitative estimate of drug-likeness (QED) is 0.894. The highest BCUT2D eigenvalue weighted by Crippen LogP contribution is 2.27. The Morgan fingerprint density at radius 1 is 1.30 bits per heavy atom. The van der Waals surface area contributed by atoms with Gasteiger partial charge in [0.05, 0.1) is 17.7 Å². The Balaban J connectivity index is 2.38. The molecule has 6 nitrogen and oxygen atoms in total. The fourth-order valence-electron chi connectivity index (χ4n) is 1.55. The number of nitrogens with zero attached hydrogens (tertiary/aromatic N) is 1. The van der Waals surface area contributed by atoms with Crippen LogP contribution >= 0.6 is 0 Å². The van der Waals surface area contributed by atoms with E-state index in [0.717, 1.165) is 12.1 Å². The van der Waals surface area contributed by atoms with Gasteiger partial charge in [0.25, 0.3) is 10.0 Å². The number of methoxy groups -OCH3 is 1. The monoisotopic (exact) mass is 297 g/mol. The van der Waals surface area contributed by atoms with E-state index in [1.807, 2.05) is 0 Å². The Morgan fingerprint density at radius 3 is 2.70 bits per heavy atom. The number of pyridine rings is 1. The van der Waals surface area contributed by atoms with Gasteiger partial charge in [-0.05, 0) is 18.2 Å². The smallest absolute Gasteiger partial charge is 0.262 e. The Bertz CT molecular complexity index is 734. The van der Waals surface area contributed by atoms with Crippen molar-refractivity contribution in [3.63, 3.8) is 0 Å². The van der Waals surface area contributed by atoms with E-state index in [2.05, 4.69) is 9.71 Å². The molecule has 2 rings (SSSR count). The number of sulfonamides is 1. The summed E-state index contributed by atoms with van der Waals surface area (Å²) in [6, 6.07) is 6.00. The van der Waals surface area contributed by atoms with Crippen molar-refractivity contribution in [2.75, 3.05) is 17.6 Å². The number of hydrogen-bond donors (Lipinski definition) is 2. The first kappa shape index (κ1) is 14.1. The van der Waals surface area contributed by atoms with Gasteiger partial charge >= 0.3 is 0 Å². The number of nitrogen functional groups attached to an aromatic ring is 1. The molecule has 0 saturated carbocycles. The lowest BCUT2D eigenvalue weighted by Gasteiger charge is -2.12. The molecule has 0 aliphatic carbocycles. The molecule has 0 radical (unpaired) electrons. The van der Waals surface area contributed by atoms with Gasteiger partial charge in [-0.2, -0.15) is 0 Å². The fraction of sp³-hybridized carbons (Fsp3) is 0.0833. The lowest BCUT2D eigenvalue weighted by molar-refractivity contribution is 0.413. The molecule has 0 amide bonds. The predicted octanol–water partition coefficient (Wildman–Crippen LogP) is 1.61. The summed E-state index contributed by atoms with van der Waals surface area (Å²) >= 11 is 0. The molecule has 0 saturated heterocycles. The number of halogens is 1. The van der Waals surface area contributed by atoms with Crippen LogP contribution in [0, 0.1) is 5.82 Å². The highest BCUT2D eigenvalue weighted by Gasteiger charge is 2.17. The maximum atomic E-state index is 13.1. The van der Waals surface area contributed by atoms with Crippen LogP contribution in [0.4, 0.5) is 15.9 Å². The van der Waals surface area contributed by atoms with E-state index in [0.29, 0.717) is 0 Å². The molecule has 0 bridgehead atoms. The van der Waals surface area contributed by atoms with Crippen LogP contribution in [0.2, 0.25) is 0 Å². The molecule has 0 aliphatic rings. The topological polar surface area (TPSA) is 94.3 Å². The lowest BCUT2D eigenvalue weighted by Crippen LogP contribution is -2.14. The van der Waals surface area contributed by atoms with E-state index in [4.69, 9.17) is 10.5 Å². The van der Waals surface area contributed by atoms with Crippen LogP contribution in [-0.2, 0) is 10.0 Å². The second-order valence-electron chi connectivity index (χ2n) is 3.87. The van der Waals surface area contributed by atoms with Crippen molar-refractivity contribution in [1.82, 2.24) is 4.98 Å². The van der Waals surface area contributed by atoms with Crippen LogP contribution < -0.4 is 15.2 Å². The van der Waals surface area contributed by atoms with Crippen molar-refractivity contribution >= 4 is 21.5 Å². The number of nitrogens with two attached hydrogens (primary N) is 1. The van der Waals surface area contributed by atoms with E-state index in [1.165, 1.54) is 31.5 Å². The molecule has 106 valence electrons. The third-order valence-corrected chi connectivity index (χ3v) is 3.83. The minimum Gasteiger partial charge on any atom is -0.494 e. The van der Waals surface area contributed by atoms with Gasteiger partial charge in [0, 0.05) is 18.3 Å². The zero-order valence-electron chi connectivity index (χ0n) is 10.5. The molecule has 2 aromatic rings. The van der Waals surface area contributed by atoms with Crippen LogP contribution in [-0.4, -0.2) is 20.5 Å². The molecular weight excluding hydrogens is 285 g/mol. The third kappa shape index (κ3) is 2.97. The van der Waals surface area contributed by atoms with Crippen molar-refractivity contribution in [2.24, 2.45) is 0 Å². The van der Waals surface area contributed by atoms with Crippen LogP contribution in [0.25, 0.3) is 0 Å². The molecule has 0 fully saturated rings. The zero-order chi connectivity index (χ0) is 14.8. The summed E-state index contributed by atoms with van der Waals surface area (Å²) in [6.45, 7) is 0. The molecule has 1 heterocycles. The maximum absolute atomic E-state index is 13.1.